The number of rotatable bonds is 3. The van der Waals surface area contributed by atoms with E-state index in [0.29, 0.717) is 0 Å². The van der Waals surface area contributed by atoms with Crippen molar-refractivity contribution in [3.8, 4) is 0 Å². The summed E-state index contributed by atoms with van der Waals surface area (Å²) in [5, 5.41) is 0. The molecular weight excluding hydrogens is 168 g/mol. The fraction of sp³-hybridized carbons (Fsp3) is 0.800. The Labute approximate surface area is 79.5 Å². The van der Waals surface area contributed by atoms with Crippen molar-refractivity contribution in [1.82, 2.24) is 0 Å². The Bertz CT molecular complexity index is 201. The molecule has 0 amide bonds. The van der Waals surface area contributed by atoms with Crippen molar-refractivity contribution in [3.05, 3.63) is 0 Å². The van der Waals surface area contributed by atoms with Crippen molar-refractivity contribution in [2.75, 3.05) is 0 Å². The SMILES string of the molecule is CC(=O)C(C)CC(=O)OC(C)(C)C. The van der Waals surface area contributed by atoms with Crippen molar-refractivity contribution >= 4 is 11.8 Å². The molecule has 0 aromatic carbocycles. The Kier molecular flexibility index (Phi) is 4.11. The molecule has 0 aromatic heterocycles. The number of esters is 1. The summed E-state index contributed by atoms with van der Waals surface area (Å²) in [6.45, 7) is 8.64. The average molecular weight is 186 g/mol. The van der Waals surface area contributed by atoms with Crippen LogP contribution in [0.4, 0.5) is 0 Å². The average Bonchev–Trinajstić information content (AvgIpc) is 1.81. The zero-order chi connectivity index (χ0) is 10.6. The van der Waals surface area contributed by atoms with E-state index >= 15 is 0 Å². The Morgan fingerprint density at radius 2 is 1.77 bits per heavy atom. The van der Waals surface area contributed by atoms with E-state index in [4.69, 9.17) is 4.74 Å². The van der Waals surface area contributed by atoms with Gasteiger partial charge in [-0.25, -0.2) is 0 Å². The number of ether oxygens (including phenoxy) is 1. The van der Waals surface area contributed by atoms with E-state index in [1.54, 1.807) is 6.92 Å². The van der Waals surface area contributed by atoms with Crippen LogP contribution in [0.5, 0.6) is 0 Å². The van der Waals surface area contributed by atoms with Gasteiger partial charge in [-0.1, -0.05) is 6.92 Å². The lowest BCUT2D eigenvalue weighted by Crippen LogP contribution is -2.25. The van der Waals surface area contributed by atoms with Gasteiger partial charge in [0.2, 0.25) is 0 Å². The van der Waals surface area contributed by atoms with Gasteiger partial charge in [0.25, 0.3) is 0 Å². The minimum atomic E-state index is -0.465. The maximum Gasteiger partial charge on any atom is 0.307 e. The maximum atomic E-state index is 11.2. The van der Waals surface area contributed by atoms with Crippen LogP contribution in [0, 0.1) is 5.92 Å². The van der Waals surface area contributed by atoms with Crippen molar-refractivity contribution < 1.29 is 14.3 Å². The third kappa shape index (κ3) is 6.31. The predicted octanol–water partition coefficient (Wildman–Crippen LogP) is 1.94. The van der Waals surface area contributed by atoms with Gasteiger partial charge in [-0.3, -0.25) is 9.59 Å². The van der Waals surface area contributed by atoms with Crippen LogP contribution in [0.3, 0.4) is 0 Å². The molecule has 0 rings (SSSR count). The summed E-state index contributed by atoms with van der Waals surface area (Å²) < 4.78 is 5.07. The molecule has 0 bridgehead atoms. The number of ketones is 1. The molecule has 1 atom stereocenters. The van der Waals surface area contributed by atoms with Gasteiger partial charge >= 0.3 is 5.97 Å². The number of carbonyl (C=O) groups is 2. The lowest BCUT2D eigenvalue weighted by molar-refractivity contribution is -0.156. The van der Waals surface area contributed by atoms with Gasteiger partial charge < -0.3 is 4.74 Å². The highest BCUT2D eigenvalue weighted by atomic mass is 16.6. The largest absolute Gasteiger partial charge is 0.460 e. The van der Waals surface area contributed by atoms with E-state index in [1.807, 2.05) is 20.8 Å². The molecule has 3 nitrogen and oxygen atoms in total. The Hall–Kier alpha value is -0.860. The number of carbonyl (C=O) groups excluding carboxylic acids is 2. The molecule has 0 heterocycles. The van der Waals surface area contributed by atoms with Gasteiger partial charge in [0, 0.05) is 5.92 Å². The van der Waals surface area contributed by atoms with Crippen LogP contribution in [0.15, 0.2) is 0 Å². The minimum absolute atomic E-state index is 0.0193. The zero-order valence-corrected chi connectivity index (χ0v) is 9.01. The van der Waals surface area contributed by atoms with Crippen molar-refractivity contribution in [3.63, 3.8) is 0 Å². The van der Waals surface area contributed by atoms with Gasteiger partial charge in [0.15, 0.2) is 0 Å². The second-order valence-corrected chi connectivity index (χ2v) is 4.30. The molecule has 0 aromatic rings. The first kappa shape index (κ1) is 12.1. The summed E-state index contributed by atoms with van der Waals surface area (Å²) in [7, 11) is 0. The van der Waals surface area contributed by atoms with Crippen molar-refractivity contribution in [2.24, 2.45) is 5.92 Å². The van der Waals surface area contributed by atoms with E-state index in [1.165, 1.54) is 6.92 Å². The lowest BCUT2D eigenvalue weighted by atomic mass is 10.0. The highest BCUT2D eigenvalue weighted by Gasteiger charge is 2.19. The van der Waals surface area contributed by atoms with E-state index in [0.717, 1.165) is 0 Å². The number of Topliss-reactive ketones (excluding diaryl/α,β-unsaturated/α-hetero) is 1. The van der Waals surface area contributed by atoms with Crippen LogP contribution in [0.2, 0.25) is 0 Å². The van der Waals surface area contributed by atoms with Gasteiger partial charge in [-0.2, -0.15) is 0 Å². The summed E-state index contributed by atoms with van der Waals surface area (Å²) in [5.41, 5.74) is -0.465. The second-order valence-electron chi connectivity index (χ2n) is 4.30. The molecule has 0 spiro atoms. The normalized spacial score (nSPS) is 13.6. The van der Waals surface area contributed by atoms with Crippen LogP contribution in [-0.2, 0) is 14.3 Å². The van der Waals surface area contributed by atoms with Crippen LogP contribution in [0.1, 0.15) is 41.0 Å². The van der Waals surface area contributed by atoms with E-state index in [2.05, 4.69) is 0 Å². The predicted molar refractivity (Wildman–Crippen MR) is 50.3 cm³/mol. The molecule has 0 saturated carbocycles. The molecule has 0 radical (unpaired) electrons. The van der Waals surface area contributed by atoms with E-state index < -0.39 is 5.60 Å². The van der Waals surface area contributed by atoms with Gasteiger partial charge in [0.05, 0.1) is 6.42 Å². The Morgan fingerprint density at radius 3 is 2.08 bits per heavy atom. The highest BCUT2D eigenvalue weighted by molar-refractivity contribution is 5.83. The monoisotopic (exact) mass is 186 g/mol. The Balaban J connectivity index is 3.96. The fourth-order valence-corrected chi connectivity index (χ4v) is 0.777. The smallest absolute Gasteiger partial charge is 0.307 e. The number of hydrogen-bond acceptors (Lipinski definition) is 3. The molecular formula is C10H18O3. The van der Waals surface area contributed by atoms with Crippen molar-refractivity contribution in [2.45, 2.75) is 46.6 Å². The van der Waals surface area contributed by atoms with Gasteiger partial charge in [0.1, 0.15) is 11.4 Å². The molecule has 0 aliphatic rings. The van der Waals surface area contributed by atoms with Crippen LogP contribution < -0.4 is 0 Å². The molecule has 76 valence electrons. The van der Waals surface area contributed by atoms with Gasteiger partial charge in [-0.15, -0.1) is 0 Å². The standard InChI is InChI=1S/C10H18O3/c1-7(8(2)11)6-9(12)13-10(3,4)5/h7H,6H2,1-5H3. The second kappa shape index (κ2) is 4.40. The third-order valence-corrected chi connectivity index (χ3v) is 1.59. The van der Waals surface area contributed by atoms with Crippen LogP contribution >= 0.6 is 0 Å². The zero-order valence-electron chi connectivity index (χ0n) is 9.01. The van der Waals surface area contributed by atoms with Gasteiger partial charge in [-0.05, 0) is 27.7 Å². The molecule has 0 N–H and O–H groups in total. The molecule has 3 heteroatoms. The summed E-state index contributed by atoms with van der Waals surface area (Å²) in [4.78, 5) is 22.0. The number of hydrogen-bond donors (Lipinski definition) is 0. The van der Waals surface area contributed by atoms with Crippen molar-refractivity contribution in [1.29, 1.82) is 0 Å². The molecule has 13 heavy (non-hydrogen) atoms. The molecule has 0 aliphatic heterocycles. The highest BCUT2D eigenvalue weighted by Crippen LogP contribution is 2.11. The van der Waals surface area contributed by atoms with Crippen LogP contribution in [0.25, 0.3) is 0 Å². The third-order valence-electron chi connectivity index (χ3n) is 1.59. The summed E-state index contributed by atoms with van der Waals surface area (Å²) in [6.07, 6.45) is 0.173. The minimum Gasteiger partial charge on any atom is -0.460 e. The summed E-state index contributed by atoms with van der Waals surface area (Å²) in [6, 6.07) is 0. The first-order valence-electron chi connectivity index (χ1n) is 4.44. The van der Waals surface area contributed by atoms with E-state index in [-0.39, 0.29) is 24.1 Å². The quantitative estimate of drug-likeness (QED) is 0.633. The fourth-order valence-electron chi connectivity index (χ4n) is 0.777. The molecule has 0 aliphatic carbocycles. The Morgan fingerprint density at radius 1 is 1.31 bits per heavy atom. The molecule has 0 fully saturated rings. The summed E-state index contributed by atoms with van der Waals surface area (Å²) in [5.74, 6) is -0.532. The lowest BCUT2D eigenvalue weighted by Gasteiger charge is -2.20. The topological polar surface area (TPSA) is 43.4 Å². The first-order chi connectivity index (χ1) is 5.72. The first-order valence-corrected chi connectivity index (χ1v) is 4.44. The maximum absolute atomic E-state index is 11.2. The molecule has 1 unspecified atom stereocenters. The van der Waals surface area contributed by atoms with E-state index in [9.17, 15) is 9.59 Å². The van der Waals surface area contributed by atoms with Crippen LogP contribution in [-0.4, -0.2) is 17.4 Å². The summed E-state index contributed by atoms with van der Waals surface area (Å²) >= 11 is 0. The molecule has 0 saturated heterocycles.